The minimum absolute atomic E-state index is 0.0799. The molecule has 0 bridgehead atoms. The first-order valence-electron chi connectivity index (χ1n) is 7.67. The number of amides is 2. The maximum Gasteiger partial charge on any atom is 0.340 e. The number of benzene rings is 1. The molecule has 0 aliphatic heterocycles. The van der Waals surface area contributed by atoms with Crippen LogP contribution in [-0.4, -0.2) is 55.2 Å². The van der Waals surface area contributed by atoms with Gasteiger partial charge in [0, 0.05) is 18.8 Å². The quantitative estimate of drug-likeness (QED) is 0.467. The number of carbonyl (C=O) groups is 3. The maximum absolute atomic E-state index is 12.1. The van der Waals surface area contributed by atoms with Crippen LogP contribution >= 0.6 is 0 Å². The van der Waals surface area contributed by atoms with Crippen LogP contribution in [0.4, 0.5) is 5.69 Å². The Morgan fingerprint density at radius 3 is 2.62 bits per heavy atom. The molecular formula is C16H23N3O5. The molecule has 1 atom stereocenters. The molecule has 0 aliphatic rings. The summed E-state index contributed by atoms with van der Waals surface area (Å²) in [6.07, 6.45) is 0. The van der Waals surface area contributed by atoms with E-state index in [1.54, 1.807) is 38.1 Å². The summed E-state index contributed by atoms with van der Waals surface area (Å²) >= 11 is 0. The number of anilines is 1. The Hall–Kier alpha value is -2.61. The molecule has 8 heteroatoms. The van der Waals surface area contributed by atoms with E-state index >= 15 is 0 Å². The molecule has 8 nitrogen and oxygen atoms in total. The van der Waals surface area contributed by atoms with Crippen molar-refractivity contribution in [2.45, 2.75) is 19.9 Å². The molecule has 0 saturated carbocycles. The number of nitrogens with one attached hydrogen (secondary N) is 3. The highest BCUT2D eigenvalue weighted by Crippen LogP contribution is 2.15. The van der Waals surface area contributed by atoms with E-state index in [1.165, 1.54) is 0 Å². The molecule has 132 valence electrons. The van der Waals surface area contributed by atoms with E-state index in [1.807, 2.05) is 0 Å². The Kier molecular flexibility index (Phi) is 8.28. The number of hydrogen-bond acceptors (Lipinski definition) is 6. The normalized spacial score (nSPS) is 11.3. The third-order valence-corrected chi connectivity index (χ3v) is 3.03. The van der Waals surface area contributed by atoms with Crippen LogP contribution in [0.15, 0.2) is 24.3 Å². The van der Waals surface area contributed by atoms with Crippen LogP contribution in [0.25, 0.3) is 0 Å². The Morgan fingerprint density at radius 1 is 1.25 bits per heavy atom. The fraction of sp³-hybridized carbons (Fsp3) is 0.438. The SMILES string of the molecule is CCNC(=O)[C@H](C)NC(=O)COC(=O)c1ccccc1NCCO. The molecule has 0 aromatic heterocycles. The zero-order valence-electron chi connectivity index (χ0n) is 13.8. The molecule has 0 saturated heterocycles. The van der Waals surface area contributed by atoms with Gasteiger partial charge >= 0.3 is 5.97 Å². The predicted molar refractivity (Wildman–Crippen MR) is 88.6 cm³/mol. The van der Waals surface area contributed by atoms with E-state index in [-0.39, 0.29) is 24.6 Å². The summed E-state index contributed by atoms with van der Waals surface area (Å²) in [6, 6.07) is 5.91. The highest BCUT2D eigenvalue weighted by atomic mass is 16.5. The van der Waals surface area contributed by atoms with Gasteiger partial charge in [0.1, 0.15) is 6.04 Å². The molecule has 0 fully saturated rings. The number of ether oxygens (including phenoxy) is 1. The standard InChI is InChI=1S/C16H23N3O5/c1-3-17-15(22)11(2)19-14(21)10-24-16(23)12-6-4-5-7-13(12)18-8-9-20/h4-7,11,18,20H,3,8-10H2,1-2H3,(H,17,22)(H,19,21)/t11-/m0/s1. The lowest BCUT2D eigenvalue weighted by Crippen LogP contribution is -2.46. The van der Waals surface area contributed by atoms with Crippen LogP contribution in [0.1, 0.15) is 24.2 Å². The van der Waals surface area contributed by atoms with Gasteiger partial charge in [-0.05, 0) is 26.0 Å². The zero-order chi connectivity index (χ0) is 17.9. The molecule has 0 heterocycles. The van der Waals surface area contributed by atoms with Crippen molar-refractivity contribution >= 4 is 23.5 Å². The van der Waals surface area contributed by atoms with E-state index in [2.05, 4.69) is 16.0 Å². The Bertz CT molecular complexity index is 577. The van der Waals surface area contributed by atoms with E-state index < -0.39 is 24.5 Å². The topological polar surface area (TPSA) is 117 Å². The average Bonchev–Trinajstić information content (AvgIpc) is 2.58. The first kappa shape index (κ1) is 19.4. The molecule has 1 aromatic rings. The predicted octanol–water partition coefficient (Wildman–Crippen LogP) is -0.112. The number of aliphatic hydroxyl groups excluding tert-OH is 1. The van der Waals surface area contributed by atoms with Crippen molar-refractivity contribution in [3.63, 3.8) is 0 Å². The second-order valence-electron chi connectivity index (χ2n) is 4.96. The van der Waals surface area contributed by atoms with Crippen molar-refractivity contribution in [2.75, 3.05) is 31.6 Å². The van der Waals surface area contributed by atoms with Crippen molar-refractivity contribution in [3.05, 3.63) is 29.8 Å². The third kappa shape index (κ3) is 6.25. The van der Waals surface area contributed by atoms with Crippen LogP contribution in [0.5, 0.6) is 0 Å². The molecule has 0 spiro atoms. The molecule has 0 aliphatic carbocycles. The summed E-state index contributed by atoms with van der Waals surface area (Å²) in [6.45, 7) is 3.50. The van der Waals surface area contributed by atoms with Crippen LogP contribution in [0.2, 0.25) is 0 Å². The van der Waals surface area contributed by atoms with Gasteiger partial charge in [0.2, 0.25) is 5.91 Å². The van der Waals surface area contributed by atoms with Crippen LogP contribution in [0.3, 0.4) is 0 Å². The number of esters is 1. The summed E-state index contributed by atoms with van der Waals surface area (Å²) < 4.78 is 4.97. The van der Waals surface area contributed by atoms with E-state index in [0.717, 1.165) is 0 Å². The molecule has 2 amide bonds. The third-order valence-electron chi connectivity index (χ3n) is 3.03. The molecule has 0 radical (unpaired) electrons. The van der Waals surface area contributed by atoms with Crippen LogP contribution in [-0.2, 0) is 14.3 Å². The first-order valence-corrected chi connectivity index (χ1v) is 7.67. The monoisotopic (exact) mass is 337 g/mol. The lowest BCUT2D eigenvalue weighted by atomic mass is 10.2. The Labute approximate surface area is 140 Å². The second-order valence-corrected chi connectivity index (χ2v) is 4.96. The number of rotatable bonds is 9. The molecule has 4 N–H and O–H groups in total. The Morgan fingerprint density at radius 2 is 1.96 bits per heavy atom. The highest BCUT2D eigenvalue weighted by Gasteiger charge is 2.17. The second kappa shape index (κ2) is 10.2. The Balaban J connectivity index is 2.54. The van der Waals surface area contributed by atoms with Gasteiger partial charge in [-0.15, -0.1) is 0 Å². The average molecular weight is 337 g/mol. The molecule has 0 unspecified atom stereocenters. The first-order chi connectivity index (χ1) is 11.5. The van der Waals surface area contributed by atoms with Gasteiger partial charge in [0.05, 0.1) is 12.2 Å². The molecule has 1 rings (SSSR count). The fourth-order valence-electron chi connectivity index (χ4n) is 1.89. The largest absolute Gasteiger partial charge is 0.452 e. The highest BCUT2D eigenvalue weighted by molar-refractivity contribution is 5.97. The van der Waals surface area contributed by atoms with Gasteiger partial charge in [-0.25, -0.2) is 4.79 Å². The van der Waals surface area contributed by atoms with Gasteiger partial charge in [-0.2, -0.15) is 0 Å². The zero-order valence-corrected chi connectivity index (χ0v) is 13.8. The summed E-state index contributed by atoms with van der Waals surface area (Å²) in [7, 11) is 0. The lowest BCUT2D eigenvalue weighted by Gasteiger charge is -2.14. The molecular weight excluding hydrogens is 314 g/mol. The number of hydrogen-bond donors (Lipinski definition) is 4. The summed E-state index contributed by atoms with van der Waals surface area (Å²) in [4.78, 5) is 35.3. The van der Waals surface area contributed by atoms with Crippen molar-refractivity contribution < 1.29 is 24.2 Å². The fourth-order valence-corrected chi connectivity index (χ4v) is 1.89. The van der Waals surface area contributed by atoms with Crippen molar-refractivity contribution in [2.24, 2.45) is 0 Å². The van der Waals surface area contributed by atoms with Crippen LogP contribution in [0, 0.1) is 0 Å². The smallest absolute Gasteiger partial charge is 0.340 e. The van der Waals surface area contributed by atoms with Gasteiger partial charge < -0.3 is 25.8 Å². The van der Waals surface area contributed by atoms with Crippen LogP contribution < -0.4 is 16.0 Å². The summed E-state index contributed by atoms with van der Waals surface area (Å²) in [5.74, 6) is -1.55. The van der Waals surface area contributed by atoms with Gasteiger partial charge in [0.25, 0.3) is 5.91 Å². The number of aliphatic hydroxyl groups is 1. The van der Waals surface area contributed by atoms with Gasteiger partial charge in [0.15, 0.2) is 6.61 Å². The summed E-state index contributed by atoms with van der Waals surface area (Å²) in [5.41, 5.74) is 0.767. The van der Waals surface area contributed by atoms with E-state index in [4.69, 9.17) is 9.84 Å². The minimum Gasteiger partial charge on any atom is -0.452 e. The van der Waals surface area contributed by atoms with E-state index in [0.29, 0.717) is 12.2 Å². The number of para-hydroxylation sites is 1. The number of likely N-dealkylation sites (N-methyl/N-ethyl adjacent to an activating group) is 1. The van der Waals surface area contributed by atoms with Gasteiger partial charge in [-0.3, -0.25) is 9.59 Å². The lowest BCUT2D eigenvalue weighted by molar-refractivity contribution is -0.130. The van der Waals surface area contributed by atoms with Crippen molar-refractivity contribution in [1.29, 1.82) is 0 Å². The van der Waals surface area contributed by atoms with Crippen molar-refractivity contribution in [1.82, 2.24) is 10.6 Å². The minimum atomic E-state index is -0.713. The molecule has 24 heavy (non-hydrogen) atoms. The van der Waals surface area contributed by atoms with Gasteiger partial charge in [-0.1, -0.05) is 12.1 Å². The number of carbonyl (C=O) groups excluding carboxylic acids is 3. The molecule has 1 aromatic carbocycles. The van der Waals surface area contributed by atoms with Crippen molar-refractivity contribution in [3.8, 4) is 0 Å². The van der Waals surface area contributed by atoms with E-state index in [9.17, 15) is 14.4 Å². The summed E-state index contributed by atoms with van der Waals surface area (Å²) in [5, 5.41) is 16.7. The maximum atomic E-state index is 12.1.